The largest absolute Gasteiger partial charge is 0.388 e. The second-order valence-corrected chi connectivity index (χ2v) is 5.78. The molecular formula is C15H23N3OS. The number of aromatic nitrogens is 1. The van der Waals surface area contributed by atoms with Crippen molar-refractivity contribution in [2.75, 3.05) is 11.9 Å². The van der Waals surface area contributed by atoms with Crippen molar-refractivity contribution in [1.82, 2.24) is 4.98 Å². The molecule has 2 heterocycles. The van der Waals surface area contributed by atoms with Crippen molar-refractivity contribution in [2.45, 2.75) is 51.2 Å². The maximum Gasteiger partial charge on any atom is 0.124 e. The van der Waals surface area contributed by atoms with Gasteiger partial charge in [0.25, 0.3) is 0 Å². The minimum Gasteiger partial charge on any atom is -0.388 e. The van der Waals surface area contributed by atoms with E-state index in [2.05, 4.69) is 24.1 Å². The summed E-state index contributed by atoms with van der Waals surface area (Å²) in [5.41, 5.74) is 7.33. The van der Waals surface area contributed by atoms with Gasteiger partial charge in [-0.1, -0.05) is 26.1 Å². The van der Waals surface area contributed by atoms with Crippen LogP contribution in [0.4, 0.5) is 5.69 Å². The lowest BCUT2D eigenvalue weighted by Gasteiger charge is -2.40. The van der Waals surface area contributed by atoms with Crippen LogP contribution in [0.25, 0.3) is 0 Å². The van der Waals surface area contributed by atoms with Crippen LogP contribution in [0.3, 0.4) is 0 Å². The summed E-state index contributed by atoms with van der Waals surface area (Å²) < 4.78 is 6.00. The molecule has 1 aromatic heterocycles. The molecule has 4 nitrogen and oxygen atoms in total. The van der Waals surface area contributed by atoms with Gasteiger partial charge in [0.1, 0.15) is 10.7 Å². The van der Waals surface area contributed by atoms with E-state index in [-0.39, 0.29) is 5.60 Å². The molecule has 0 aromatic carbocycles. The maximum absolute atomic E-state index is 6.00. The second-order valence-electron chi connectivity index (χ2n) is 5.34. The van der Waals surface area contributed by atoms with Gasteiger partial charge in [-0.05, 0) is 37.8 Å². The smallest absolute Gasteiger partial charge is 0.124 e. The topological polar surface area (TPSA) is 60.2 Å². The number of hydrogen-bond acceptors (Lipinski definition) is 4. The van der Waals surface area contributed by atoms with Gasteiger partial charge >= 0.3 is 0 Å². The van der Waals surface area contributed by atoms with Gasteiger partial charge in [-0.15, -0.1) is 0 Å². The summed E-state index contributed by atoms with van der Waals surface area (Å²) in [6, 6.07) is 4.26. The van der Waals surface area contributed by atoms with E-state index in [0.717, 1.165) is 38.0 Å². The third-order valence-electron chi connectivity index (χ3n) is 4.18. The van der Waals surface area contributed by atoms with Crippen molar-refractivity contribution in [3.05, 3.63) is 24.0 Å². The summed E-state index contributed by atoms with van der Waals surface area (Å²) in [6.45, 7) is 5.18. The Balaban J connectivity index is 2.12. The zero-order chi connectivity index (χ0) is 14.6. The molecule has 1 aliphatic rings. The predicted octanol–water partition coefficient (Wildman–Crippen LogP) is 2.87. The summed E-state index contributed by atoms with van der Waals surface area (Å²) in [4.78, 5) is 4.59. The number of nitrogens with one attached hydrogen (secondary N) is 1. The lowest BCUT2D eigenvalue weighted by atomic mass is 9.86. The van der Waals surface area contributed by atoms with Gasteiger partial charge in [-0.3, -0.25) is 4.98 Å². The lowest BCUT2D eigenvalue weighted by molar-refractivity contribution is -0.0864. The summed E-state index contributed by atoms with van der Waals surface area (Å²) >= 11 is 5.06. The van der Waals surface area contributed by atoms with E-state index < -0.39 is 0 Å². The Morgan fingerprint density at radius 1 is 1.55 bits per heavy atom. The molecule has 0 saturated carbocycles. The van der Waals surface area contributed by atoms with Crippen molar-refractivity contribution in [3.8, 4) is 0 Å². The van der Waals surface area contributed by atoms with Crippen LogP contribution in [0.5, 0.6) is 0 Å². The van der Waals surface area contributed by atoms with E-state index in [0.29, 0.717) is 16.7 Å². The molecule has 1 atom stereocenters. The van der Waals surface area contributed by atoms with Gasteiger partial charge in [0.2, 0.25) is 0 Å². The number of pyridine rings is 1. The van der Waals surface area contributed by atoms with Crippen molar-refractivity contribution in [3.63, 3.8) is 0 Å². The van der Waals surface area contributed by atoms with Gasteiger partial charge in [0.05, 0.1) is 11.3 Å². The molecule has 0 aliphatic carbocycles. The highest BCUT2D eigenvalue weighted by molar-refractivity contribution is 7.80. The number of thiocarbonyl (C=S) groups is 1. The maximum atomic E-state index is 6.00. The summed E-state index contributed by atoms with van der Waals surface area (Å²) in [5.74, 6) is 0. The normalized spacial score (nSPS) is 21.4. The molecule has 1 fully saturated rings. The molecule has 5 heteroatoms. The Kier molecular flexibility index (Phi) is 4.94. The quantitative estimate of drug-likeness (QED) is 0.818. The van der Waals surface area contributed by atoms with E-state index in [9.17, 15) is 0 Å². The van der Waals surface area contributed by atoms with E-state index in [1.807, 2.05) is 12.1 Å². The van der Waals surface area contributed by atoms with Gasteiger partial charge in [-0.2, -0.15) is 0 Å². The highest BCUT2D eigenvalue weighted by atomic mass is 32.1. The third-order valence-corrected chi connectivity index (χ3v) is 4.38. The van der Waals surface area contributed by atoms with Crippen molar-refractivity contribution >= 4 is 22.9 Å². The van der Waals surface area contributed by atoms with E-state index in [1.165, 1.54) is 0 Å². The van der Waals surface area contributed by atoms with Crippen molar-refractivity contribution in [1.29, 1.82) is 0 Å². The average Bonchev–Trinajstić information content (AvgIpc) is 2.47. The number of hydrogen-bond donors (Lipinski definition) is 2. The minimum absolute atomic E-state index is 0.00150. The molecule has 110 valence electrons. The first-order valence-electron chi connectivity index (χ1n) is 7.25. The van der Waals surface area contributed by atoms with Gasteiger partial charge in [-0.25, -0.2) is 0 Å². The Labute approximate surface area is 126 Å². The molecular weight excluding hydrogens is 270 g/mol. The van der Waals surface area contributed by atoms with Gasteiger partial charge < -0.3 is 15.8 Å². The number of nitrogens with two attached hydrogens (primary N) is 1. The molecule has 3 N–H and O–H groups in total. The van der Waals surface area contributed by atoms with Crippen LogP contribution in [0.15, 0.2) is 18.3 Å². The highest BCUT2D eigenvalue weighted by Crippen LogP contribution is 2.33. The zero-order valence-electron chi connectivity index (χ0n) is 12.2. The predicted molar refractivity (Wildman–Crippen MR) is 86.0 cm³/mol. The SMILES string of the molecule is CCC1(CC)CC(Nc2cccnc2C(N)=S)CCO1. The van der Waals surface area contributed by atoms with Crippen LogP contribution < -0.4 is 11.1 Å². The van der Waals surface area contributed by atoms with Crippen molar-refractivity contribution < 1.29 is 4.74 Å². The second kappa shape index (κ2) is 6.50. The van der Waals surface area contributed by atoms with Crippen LogP contribution in [0, 0.1) is 0 Å². The molecule has 2 rings (SSSR count). The van der Waals surface area contributed by atoms with Crippen LogP contribution in [0.1, 0.15) is 45.2 Å². The zero-order valence-corrected chi connectivity index (χ0v) is 13.0. The van der Waals surface area contributed by atoms with E-state index in [1.54, 1.807) is 6.20 Å². The van der Waals surface area contributed by atoms with Crippen molar-refractivity contribution in [2.24, 2.45) is 5.73 Å². The van der Waals surface area contributed by atoms with E-state index >= 15 is 0 Å². The monoisotopic (exact) mass is 293 g/mol. The van der Waals surface area contributed by atoms with Crippen LogP contribution in [-0.2, 0) is 4.74 Å². The minimum atomic E-state index is 0.00150. The number of rotatable bonds is 5. The fraction of sp³-hybridized carbons (Fsp3) is 0.600. The lowest BCUT2D eigenvalue weighted by Crippen LogP contribution is -2.43. The summed E-state index contributed by atoms with van der Waals surface area (Å²) in [7, 11) is 0. The molecule has 1 aromatic rings. The Bertz CT molecular complexity index is 474. The number of nitrogens with zero attached hydrogens (tertiary/aromatic N) is 1. The first kappa shape index (κ1) is 15.2. The third kappa shape index (κ3) is 3.27. The molecule has 20 heavy (non-hydrogen) atoms. The van der Waals surface area contributed by atoms with Crippen LogP contribution >= 0.6 is 12.2 Å². The highest BCUT2D eigenvalue weighted by Gasteiger charge is 2.34. The molecule has 1 saturated heterocycles. The fourth-order valence-electron chi connectivity index (χ4n) is 2.83. The number of anilines is 1. The Morgan fingerprint density at radius 3 is 2.95 bits per heavy atom. The molecule has 0 amide bonds. The Morgan fingerprint density at radius 2 is 2.30 bits per heavy atom. The molecule has 0 bridgehead atoms. The first-order chi connectivity index (χ1) is 9.60. The standard InChI is InChI=1S/C15H23N3OS/c1-3-15(4-2)10-11(7-9-19-15)18-12-6-5-8-17-13(12)14(16)20/h5-6,8,11,18H,3-4,7,9-10H2,1-2H3,(H2,16,20). The molecule has 1 aliphatic heterocycles. The van der Waals surface area contributed by atoms with Crippen LogP contribution in [0.2, 0.25) is 0 Å². The first-order valence-corrected chi connectivity index (χ1v) is 7.66. The summed E-state index contributed by atoms with van der Waals surface area (Å²) in [6.07, 6.45) is 5.79. The Hall–Kier alpha value is -1.20. The average molecular weight is 293 g/mol. The van der Waals surface area contributed by atoms with Gasteiger partial charge in [0, 0.05) is 18.8 Å². The van der Waals surface area contributed by atoms with Crippen LogP contribution in [-0.4, -0.2) is 28.2 Å². The number of ether oxygens (including phenoxy) is 1. The molecule has 1 unspecified atom stereocenters. The molecule has 0 spiro atoms. The fourth-order valence-corrected chi connectivity index (χ4v) is 2.99. The van der Waals surface area contributed by atoms with Gasteiger partial charge in [0.15, 0.2) is 0 Å². The van der Waals surface area contributed by atoms with E-state index in [4.69, 9.17) is 22.7 Å². The summed E-state index contributed by atoms with van der Waals surface area (Å²) in [5, 5.41) is 3.54. The molecule has 0 radical (unpaired) electrons.